The SMILES string of the molecule is c1ccc(-c2ccc(-c3ccc4c(c3)c3ccccc3n4-c3cccc(-c4nc(-c5ccccc5)nc(-c5ccc6c(c5)sc5ccccc56)n4)c3)cc2)cc1. The summed E-state index contributed by atoms with van der Waals surface area (Å²) in [4.78, 5) is 15.3. The third kappa shape index (κ3) is 5.56. The lowest BCUT2D eigenvalue weighted by molar-refractivity contribution is 1.07. The Bertz CT molecular complexity index is 3240. The number of benzene rings is 8. The van der Waals surface area contributed by atoms with Gasteiger partial charge < -0.3 is 4.57 Å². The molecule has 0 aliphatic rings. The van der Waals surface area contributed by atoms with Gasteiger partial charge in [0.25, 0.3) is 0 Å². The average Bonchev–Trinajstić information content (AvgIpc) is 3.82. The van der Waals surface area contributed by atoms with Gasteiger partial charge in [0.1, 0.15) is 0 Å². The first kappa shape index (κ1) is 32.2. The van der Waals surface area contributed by atoms with Gasteiger partial charge in [-0.2, -0.15) is 0 Å². The molecule has 0 amide bonds. The van der Waals surface area contributed by atoms with Crippen LogP contribution in [-0.2, 0) is 0 Å². The zero-order valence-corrected chi connectivity index (χ0v) is 31.0. The van der Waals surface area contributed by atoms with Crippen LogP contribution in [0, 0.1) is 0 Å². The van der Waals surface area contributed by atoms with Gasteiger partial charge in [-0.1, -0.05) is 152 Å². The zero-order chi connectivity index (χ0) is 37.0. The van der Waals surface area contributed by atoms with Gasteiger partial charge in [-0.15, -0.1) is 11.3 Å². The molecule has 3 heterocycles. The number of nitrogens with zero attached hydrogens (tertiary/aromatic N) is 4. The Kier molecular flexibility index (Phi) is 7.64. The van der Waals surface area contributed by atoms with Crippen LogP contribution < -0.4 is 0 Å². The van der Waals surface area contributed by atoms with E-state index in [9.17, 15) is 0 Å². The van der Waals surface area contributed by atoms with Crippen molar-refractivity contribution < 1.29 is 0 Å². The lowest BCUT2D eigenvalue weighted by Gasteiger charge is -2.12. The smallest absolute Gasteiger partial charge is 0.164 e. The lowest BCUT2D eigenvalue weighted by atomic mass is 9.99. The number of hydrogen-bond donors (Lipinski definition) is 0. The van der Waals surface area contributed by atoms with Crippen LogP contribution in [0.3, 0.4) is 0 Å². The minimum absolute atomic E-state index is 0.633. The maximum Gasteiger partial charge on any atom is 0.164 e. The molecule has 0 unspecified atom stereocenters. The van der Waals surface area contributed by atoms with E-state index in [0.717, 1.165) is 33.4 Å². The summed E-state index contributed by atoms with van der Waals surface area (Å²) in [7, 11) is 0. The highest BCUT2D eigenvalue weighted by molar-refractivity contribution is 7.25. The standard InChI is InChI=1S/C51H32N4S/c1-3-12-33(13-4-1)34-22-24-35(25-23-34)37-27-29-46-44(31-37)41-18-7-9-20-45(41)55(46)40-17-11-16-38(30-40)50-52-49(36-14-5-2-6-15-36)53-51(54-50)39-26-28-43-42-19-8-10-21-47(42)56-48(43)32-39/h1-32H. The van der Waals surface area contributed by atoms with Crippen LogP contribution in [0.15, 0.2) is 194 Å². The molecule has 8 aromatic carbocycles. The largest absolute Gasteiger partial charge is 0.309 e. The van der Waals surface area contributed by atoms with E-state index in [1.807, 2.05) is 18.2 Å². The van der Waals surface area contributed by atoms with E-state index in [1.54, 1.807) is 11.3 Å². The highest BCUT2D eigenvalue weighted by Gasteiger charge is 2.17. The van der Waals surface area contributed by atoms with E-state index in [0.29, 0.717) is 17.5 Å². The predicted molar refractivity (Wildman–Crippen MR) is 234 cm³/mol. The Morgan fingerprint density at radius 3 is 1.59 bits per heavy atom. The summed E-state index contributed by atoms with van der Waals surface area (Å²) in [6.07, 6.45) is 0. The van der Waals surface area contributed by atoms with Gasteiger partial charge in [0.05, 0.1) is 11.0 Å². The third-order valence-corrected chi connectivity index (χ3v) is 11.8. The Labute approximate surface area is 327 Å². The van der Waals surface area contributed by atoms with Gasteiger partial charge in [-0.25, -0.2) is 15.0 Å². The minimum atomic E-state index is 0.633. The quantitative estimate of drug-likeness (QED) is 0.171. The van der Waals surface area contributed by atoms with Gasteiger partial charge in [0.15, 0.2) is 17.5 Å². The molecule has 0 N–H and O–H groups in total. The monoisotopic (exact) mass is 732 g/mol. The number of para-hydroxylation sites is 1. The van der Waals surface area contributed by atoms with Crippen molar-refractivity contribution in [3.05, 3.63) is 194 Å². The number of thiophene rings is 1. The molecule has 3 aromatic heterocycles. The first-order valence-electron chi connectivity index (χ1n) is 18.8. The van der Waals surface area contributed by atoms with Crippen LogP contribution in [0.25, 0.3) is 104 Å². The van der Waals surface area contributed by atoms with Gasteiger partial charge in [-0.3, -0.25) is 0 Å². The van der Waals surface area contributed by atoms with Crippen LogP contribution in [0.1, 0.15) is 0 Å². The van der Waals surface area contributed by atoms with Crippen molar-refractivity contribution in [1.82, 2.24) is 19.5 Å². The fourth-order valence-electron chi connectivity index (χ4n) is 7.92. The summed E-state index contributed by atoms with van der Waals surface area (Å²) in [5.74, 6) is 1.93. The van der Waals surface area contributed by atoms with E-state index in [-0.39, 0.29) is 0 Å². The molecule has 0 saturated heterocycles. The Balaban J connectivity index is 1.02. The average molecular weight is 733 g/mol. The molecule has 0 aliphatic carbocycles. The second kappa shape index (κ2) is 13.3. The first-order chi connectivity index (χ1) is 27.7. The maximum atomic E-state index is 5.15. The molecule has 0 aliphatic heterocycles. The van der Waals surface area contributed by atoms with E-state index >= 15 is 0 Å². The highest BCUT2D eigenvalue weighted by atomic mass is 32.1. The second-order valence-corrected chi connectivity index (χ2v) is 15.1. The molecule has 4 nitrogen and oxygen atoms in total. The number of rotatable bonds is 6. The molecule has 11 rings (SSSR count). The molecule has 5 heteroatoms. The molecule has 0 radical (unpaired) electrons. The van der Waals surface area contributed by atoms with Gasteiger partial charge >= 0.3 is 0 Å². The highest BCUT2D eigenvalue weighted by Crippen LogP contribution is 2.38. The Morgan fingerprint density at radius 2 is 0.821 bits per heavy atom. The van der Waals surface area contributed by atoms with Gasteiger partial charge in [-0.05, 0) is 64.7 Å². The Morgan fingerprint density at radius 1 is 0.304 bits per heavy atom. The van der Waals surface area contributed by atoms with Crippen molar-refractivity contribution in [2.75, 3.05) is 0 Å². The molecule has 11 aromatic rings. The molecule has 0 spiro atoms. The number of hydrogen-bond acceptors (Lipinski definition) is 4. The topological polar surface area (TPSA) is 43.6 Å². The summed E-state index contributed by atoms with van der Waals surface area (Å²) >= 11 is 1.80. The maximum absolute atomic E-state index is 5.15. The molecular weight excluding hydrogens is 701 g/mol. The Hall–Kier alpha value is -7.21. The van der Waals surface area contributed by atoms with Crippen molar-refractivity contribution in [1.29, 1.82) is 0 Å². The number of fused-ring (bicyclic) bond motifs is 6. The summed E-state index contributed by atoms with van der Waals surface area (Å²) in [6, 6.07) is 68.7. The van der Waals surface area contributed by atoms with Crippen molar-refractivity contribution in [2.24, 2.45) is 0 Å². The third-order valence-electron chi connectivity index (χ3n) is 10.7. The van der Waals surface area contributed by atoms with E-state index in [2.05, 4.69) is 180 Å². The summed E-state index contributed by atoms with van der Waals surface area (Å²) in [6.45, 7) is 0. The van der Waals surface area contributed by atoms with Gasteiger partial charge in [0, 0.05) is 53.3 Å². The second-order valence-electron chi connectivity index (χ2n) is 14.1. The zero-order valence-electron chi connectivity index (χ0n) is 30.2. The van der Waals surface area contributed by atoms with Crippen molar-refractivity contribution in [3.8, 4) is 62.1 Å². The molecule has 0 saturated carbocycles. The fourth-order valence-corrected chi connectivity index (χ4v) is 9.06. The van der Waals surface area contributed by atoms with Crippen LogP contribution in [-0.4, -0.2) is 19.5 Å². The van der Waals surface area contributed by atoms with Crippen LogP contribution in [0.4, 0.5) is 0 Å². The molecule has 0 fully saturated rings. The van der Waals surface area contributed by atoms with Crippen molar-refractivity contribution in [3.63, 3.8) is 0 Å². The minimum Gasteiger partial charge on any atom is -0.309 e. The number of aromatic nitrogens is 4. The molecular formula is C51H32N4S. The normalized spacial score (nSPS) is 11.6. The van der Waals surface area contributed by atoms with E-state index in [1.165, 1.54) is 53.2 Å². The van der Waals surface area contributed by atoms with Crippen LogP contribution in [0.2, 0.25) is 0 Å². The molecule has 0 bridgehead atoms. The summed E-state index contributed by atoms with van der Waals surface area (Å²) in [5, 5.41) is 4.94. The van der Waals surface area contributed by atoms with Crippen molar-refractivity contribution in [2.45, 2.75) is 0 Å². The van der Waals surface area contributed by atoms with Crippen LogP contribution >= 0.6 is 11.3 Å². The molecule has 56 heavy (non-hydrogen) atoms. The molecule has 262 valence electrons. The van der Waals surface area contributed by atoms with E-state index < -0.39 is 0 Å². The van der Waals surface area contributed by atoms with Crippen molar-refractivity contribution >= 4 is 53.3 Å². The lowest BCUT2D eigenvalue weighted by Crippen LogP contribution is -2.01. The van der Waals surface area contributed by atoms with Crippen LogP contribution in [0.5, 0.6) is 0 Å². The molecule has 0 atom stereocenters. The fraction of sp³-hybridized carbons (Fsp3) is 0. The van der Waals surface area contributed by atoms with E-state index in [4.69, 9.17) is 15.0 Å². The summed E-state index contributed by atoms with van der Waals surface area (Å²) < 4.78 is 4.84. The first-order valence-corrected chi connectivity index (χ1v) is 19.6. The van der Waals surface area contributed by atoms with Gasteiger partial charge in [0.2, 0.25) is 0 Å². The predicted octanol–water partition coefficient (Wildman–Crippen LogP) is 13.7. The summed E-state index contributed by atoms with van der Waals surface area (Å²) in [5.41, 5.74) is 11.0.